The first-order valence-corrected chi connectivity index (χ1v) is 5.86. The Labute approximate surface area is 100 Å². The maximum Gasteiger partial charge on any atom is 0.333 e. The van der Waals surface area contributed by atoms with Crippen LogP contribution in [0.1, 0.15) is 32.1 Å². The lowest BCUT2D eigenvalue weighted by atomic mass is 9.89. The van der Waals surface area contributed by atoms with Crippen molar-refractivity contribution in [3.05, 3.63) is 11.1 Å². The molecule has 0 N–H and O–H groups in total. The monoisotopic (exact) mass is 236 g/mol. The molecule has 0 bridgehead atoms. The quantitative estimate of drug-likeness (QED) is 0.470. The molecule has 1 aliphatic heterocycles. The van der Waals surface area contributed by atoms with Gasteiger partial charge in [-0.2, -0.15) is 0 Å². The van der Waals surface area contributed by atoms with Gasteiger partial charge in [-0.25, -0.2) is 4.79 Å². The zero-order valence-electron chi connectivity index (χ0n) is 10.2. The van der Waals surface area contributed by atoms with Crippen LogP contribution in [0.5, 0.6) is 0 Å². The average molecular weight is 236 g/mol. The highest BCUT2D eigenvalue weighted by atomic mass is 16.2. The third-order valence-electron chi connectivity index (χ3n) is 3.42. The lowest BCUT2D eigenvalue weighted by molar-refractivity contribution is -0.134. The summed E-state index contributed by atoms with van der Waals surface area (Å²) in [6.07, 6.45) is 4.76. The van der Waals surface area contributed by atoms with Gasteiger partial charge >= 0.3 is 6.03 Å². The first-order chi connectivity index (χ1) is 8.04. The van der Waals surface area contributed by atoms with Gasteiger partial charge in [0.1, 0.15) is 5.57 Å². The fourth-order valence-electron chi connectivity index (χ4n) is 2.36. The SMILES string of the molecule is CN1C(=O)C(=C2CCCCC2)C(=O)N(C)C1=O. The number of rotatable bonds is 0. The molecule has 1 aliphatic carbocycles. The summed E-state index contributed by atoms with van der Waals surface area (Å²) in [5.41, 5.74) is 1.13. The number of nitrogens with zero attached hydrogens (tertiary/aromatic N) is 2. The molecule has 5 heteroatoms. The molecule has 5 nitrogen and oxygen atoms in total. The summed E-state index contributed by atoms with van der Waals surface area (Å²) in [5, 5.41) is 0. The van der Waals surface area contributed by atoms with Crippen LogP contribution in [-0.4, -0.2) is 41.7 Å². The molecule has 2 aliphatic rings. The van der Waals surface area contributed by atoms with E-state index in [-0.39, 0.29) is 5.57 Å². The summed E-state index contributed by atoms with van der Waals surface area (Å²) in [6.45, 7) is 0. The van der Waals surface area contributed by atoms with Gasteiger partial charge in [-0.05, 0) is 25.7 Å². The molecule has 0 spiro atoms. The van der Waals surface area contributed by atoms with Crippen LogP contribution in [0.25, 0.3) is 0 Å². The van der Waals surface area contributed by atoms with Crippen molar-refractivity contribution in [1.29, 1.82) is 0 Å². The second-order valence-electron chi connectivity index (χ2n) is 4.55. The Balaban J connectivity index is 2.41. The number of carbonyl (C=O) groups excluding carboxylic acids is 3. The lowest BCUT2D eigenvalue weighted by Gasteiger charge is -2.31. The van der Waals surface area contributed by atoms with E-state index in [1.807, 2.05) is 0 Å². The molecule has 0 atom stereocenters. The summed E-state index contributed by atoms with van der Waals surface area (Å²) >= 11 is 0. The van der Waals surface area contributed by atoms with Crippen LogP contribution < -0.4 is 0 Å². The van der Waals surface area contributed by atoms with E-state index < -0.39 is 17.8 Å². The van der Waals surface area contributed by atoms with E-state index >= 15 is 0 Å². The van der Waals surface area contributed by atoms with Crippen molar-refractivity contribution < 1.29 is 14.4 Å². The van der Waals surface area contributed by atoms with Gasteiger partial charge in [0.15, 0.2) is 0 Å². The van der Waals surface area contributed by atoms with Gasteiger partial charge in [0.05, 0.1) is 0 Å². The minimum atomic E-state index is -0.555. The highest BCUT2D eigenvalue weighted by Gasteiger charge is 2.39. The molecule has 17 heavy (non-hydrogen) atoms. The Morgan fingerprint density at radius 3 is 1.76 bits per heavy atom. The number of amides is 4. The van der Waals surface area contributed by atoms with E-state index in [1.165, 1.54) is 14.1 Å². The Hall–Kier alpha value is -1.65. The minimum Gasteiger partial charge on any atom is -0.268 e. The second kappa shape index (κ2) is 4.31. The molecular weight excluding hydrogens is 220 g/mol. The fourth-order valence-corrected chi connectivity index (χ4v) is 2.36. The van der Waals surface area contributed by atoms with Gasteiger partial charge < -0.3 is 0 Å². The van der Waals surface area contributed by atoms with Crippen LogP contribution >= 0.6 is 0 Å². The van der Waals surface area contributed by atoms with Gasteiger partial charge in [0, 0.05) is 14.1 Å². The minimum absolute atomic E-state index is 0.217. The Bertz CT molecular complexity index is 391. The molecule has 92 valence electrons. The predicted molar refractivity (Wildman–Crippen MR) is 61.0 cm³/mol. The zero-order chi connectivity index (χ0) is 12.6. The molecule has 2 fully saturated rings. The Morgan fingerprint density at radius 1 is 0.824 bits per heavy atom. The van der Waals surface area contributed by atoms with Crippen LogP contribution in [0.4, 0.5) is 4.79 Å². The summed E-state index contributed by atoms with van der Waals surface area (Å²) in [5.74, 6) is -0.898. The van der Waals surface area contributed by atoms with E-state index in [1.54, 1.807) is 0 Å². The third kappa shape index (κ3) is 1.85. The molecule has 0 aromatic carbocycles. The first kappa shape index (κ1) is 11.8. The van der Waals surface area contributed by atoms with Gasteiger partial charge in [0.2, 0.25) is 0 Å². The molecule has 2 rings (SSSR count). The topological polar surface area (TPSA) is 57.7 Å². The summed E-state index contributed by atoms with van der Waals surface area (Å²) in [4.78, 5) is 37.6. The number of barbiturate groups is 1. The highest BCUT2D eigenvalue weighted by molar-refractivity contribution is 6.28. The average Bonchev–Trinajstić information content (AvgIpc) is 2.36. The highest BCUT2D eigenvalue weighted by Crippen LogP contribution is 2.29. The number of imide groups is 2. The third-order valence-corrected chi connectivity index (χ3v) is 3.42. The van der Waals surface area contributed by atoms with Crippen molar-refractivity contribution in [1.82, 2.24) is 9.80 Å². The summed E-state index contributed by atoms with van der Waals surface area (Å²) in [6, 6.07) is -0.555. The molecule has 4 amide bonds. The number of carbonyl (C=O) groups is 3. The number of allylic oxidation sites excluding steroid dienone is 1. The lowest BCUT2D eigenvalue weighted by Crippen LogP contribution is -2.53. The predicted octanol–water partition coefficient (Wildman–Crippen LogP) is 1.30. The number of hydrogen-bond acceptors (Lipinski definition) is 3. The molecule has 0 unspecified atom stereocenters. The summed E-state index contributed by atoms with van der Waals surface area (Å²) < 4.78 is 0. The summed E-state index contributed by atoms with van der Waals surface area (Å²) in [7, 11) is 2.83. The van der Waals surface area contributed by atoms with E-state index in [2.05, 4.69) is 0 Å². The van der Waals surface area contributed by atoms with Gasteiger partial charge in [-0.1, -0.05) is 12.0 Å². The maximum absolute atomic E-state index is 12.0. The Morgan fingerprint density at radius 2 is 1.29 bits per heavy atom. The number of likely N-dealkylation sites (N-methyl/N-ethyl adjacent to an activating group) is 2. The standard InChI is InChI=1S/C12H16N2O3/c1-13-10(15)9(8-6-4-3-5-7-8)11(16)14(2)12(13)17/h3-7H2,1-2H3. The first-order valence-electron chi connectivity index (χ1n) is 5.86. The largest absolute Gasteiger partial charge is 0.333 e. The van der Waals surface area contributed by atoms with Crippen LogP contribution in [0.3, 0.4) is 0 Å². The van der Waals surface area contributed by atoms with Crippen molar-refractivity contribution in [3.63, 3.8) is 0 Å². The van der Waals surface area contributed by atoms with Crippen molar-refractivity contribution in [2.24, 2.45) is 0 Å². The van der Waals surface area contributed by atoms with Crippen LogP contribution in [0, 0.1) is 0 Å². The van der Waals surface area contributed by atoms with Crippen molar-refractivity contribution in [2.45, 2.75) is 32.1 Å². The Kier molecular flexibility index (Phi) is 3.00. The molecule has 0 aromatic heterocycles. The van der Waals surface area contributed by atoms with Gasteiger partial charge in [-0.3, -0.25) is 19.4 Å². The fraction of sp³-hybridized carbons (Fsp3) is 0.583. The molecule has 1 saturated carbocycles. The van der Waals surface area contributed by atoms with Crippen molar-refractivity contribution >= 4 is 17.8 Å². The van der Waals surface area contributed by atoms with E-state index in [4.69, 9.17) is 0 Å². The van der Waals surface area contributed by atoms with E-state index in [0.29, 0.717) is 0 Å². The van der Waals surface area contributed by atoms with Gasteiger partial charge in [0.25, 0.3) is 11.8 Å². The van der Waals surface area contributed by atoms with Gasteiger partial charge in [-0.15, -0.1) is 0 Å². The van der Waals surface area contributed by atoms with E-state index in [0.717, 1.165) is 47.5 Å². The zero-order valence-corrected chi connectivity index (χ0v) is 10.2. The maximum atomic E-state index is 12.0. The van der Waals surface area contributed by atoms with E-state index in [9.17, 15) is 14.4 Å². The molecule has 1 heterocycles. The second-order valence-corrected chi connectivity index (χ2v) is 4.55. The smallest absolute Gasteiger partial charge is 0.268 e. The molecule has 1 saturated heterocycles. The van der Waals surface area contributed by atoms with Crippen LogP contribution in [-0.2, 0) is 9.59 Å². The molecule has 0 radical (unpaired) electrons. The van der Waals surface area contributed by atoms with Crippen molar-refractivity contribution in [3.8, 4) is 0 Å². The molecule has 0 aromatic rings. The van der Waals surface area contributed by atoms with Crippen LogP contribution in [0.15, 0.2) is 11.1 Å². The van der Waals surface area contributed by atoms with Crippen LogP contribution in [0.2, 0.25) is 0 Å². The number of hydrogen-bond donors (Lipinski definition) is 0. The normalized spacial score (nSPS) is 22.6. The number of urea groups is 1. The molecular formula is C12H16N2O3. The van der Waals surface area contributed by atoms with Crippen molar-refractivity contribution in [2.75, 3.05) is 14.1 Å².